The Morgan fingerprint density at radius 3 is 2.70 bits per heavy atom. The Labute approximate surface area is 134 Å². The molecule has 0 atom stereocenters. The van der Waals surface area contributed by atoms with Crippen LogP contribution in [0.3, 0.4) is 0 Å². The van der Waals surface area contributed by atoms with Gasteiger partial charge < -0.3 is 10.1 Å². The summed E-state index contributed by atoms with van der Waals surface area (Å²) in [6, 6.07) is 13.6. The molecule has 0 spiro atoms. The van der Waals surface area contributed by atoms with E-state index in [9.17, 15) is 4.79 Å². The van der Waals surface area contributed by atoms with Crippen molar-refractivity contribution in [2.24, 2.45) is 0 Å². The van der Waals surface area contributed by atoms with Crippen molar-refractivity contribution in [1.29, 1.82) is 0 Å². The normalized spacial score (nSPS) is 10.7. The van der Waals surface area contributed by atoms with Crippen LogP contribution < -0.4 is 10.1 Å². The van der Waals surface area contributed by atoms with Gasteiger partial charge in [-0.3, -0.25) is 9.36 Å². The molecule has 0 unspecified atom stereocenters. The van der Waals surface area contributed by atoms with E-state index in [0.29, 0.717) is 6.42 Å². The Bertz CT molecular complexity index is 822. The smallest absolute Gasteiger partial charge is 0.224 e. The van der Waals surface area contributed by atoms with Crippen LogP contribution in [0.5, 0.6) is 5.75 Å². The van der Waals surface area contributed by atoms with Crippen molar-refractivity contribution in [3.8, 4) is 11.4 Å². The molecular formula is C18H19N3O2. The Kier molecular flexibility index (Phi) is 4.28. The van der Waals surface area contributed by atoms with Crippen LogP contribution >= 0.6 is 0 Å². The van der Waals surface area contributed by atoms with Gasteiger partial charge >= 0.3 is 0 Å². The Morgan fingerprint density at radius 2 is 2.00 bits per heavy atom. The van der Waals surface area contributed by atoms with E-state index in [2.05, 4.69) is 10.3 Å². The molecule has 0 saturated carbocycles. The van der Waals surface area contributed by atoms with Gasteiger partial charge in [0, 0.05) is 17.8 Å². The van der Waals surface area contributed by atoms with Crippen LogP contribution in [-0.4, -0.2) is 22.6 Å². The number of hydrogen-bond acceptors (Lipinski definition) is 3. The first kappa shape index (κ1) is 15.1. The summed E-state index contributed by atoms with van der Waals surface area (Å²) in [6.45, 7) is 1.99. The molecule has 0 radical (unpaired) electrons. The molecule has 23 heavy (non-hydrogen) atoms. The maximum Gasteiger partial charge on any atom is 0.224 e. The van der Waals surface area contributed by atoms with E-state index in [4.69, 9.17) is 4.74 Å². The third-order valence-electron chi connectivity index (χ3n) is 3.66. The monoisotopic (exact) mass is 309 g/mol. The van der Waals surface area contributed by atoms with Gasteiger partial charge in [-0.15, -0.1) is 0 Å². The van der Waals surface area contributed by atoms with Crippen LogP contribution in [-0.2, 0) is 4.79 Å². The number of hydrogen-bond donors (Lipinski definition) is 1. The molecule has 3 aromatic rings. The maximum absolute atomic E-state index is 11.7. The molecule has 0 aliphatic carbocycles. The van der Waals surface area contributed by atoms with Gasteiger partial charge in [-0.05, 0) is 48.9 Å². The predicted octanol–water partition coefficient (Wildman–Crippen LogP) is 3.77. The fraction of sp³-hybridized carbons (Fsp3) is 0.222. The zero-order valence-corrected chi connectivity index (χ0v) is 13.2. The topological polar surface area (TPSA) is 56.2 Å². The first-order valence-corrected chi connectivity index (χ1v) is 7.62. The van der Waals surface area contributed by atoms with Crippen LogP contribution in [0.1, 0.15) is 19.8 Å². The molecule has 1 N–H and O–H groups in total. The standard InChI is InChI=1S/C18H19N3O2/c1-3-4-18(22)20-13-5-10-17-16(11-13)19-12-21(17)14-6-8-15(23-2)9-7-14/h5-12H,3-4H2,1-2H3,(H,20,22). The van der Waals surface area contributed by atoms with Gasteiger partial charge in [0.05, 0.1) is 18.1 Å². The number of ether oxygens (including phenoxy) is 1. The van der Waals surface area contributed by atoms with E-state index in [-0.39, 0.29) is 5.91 Å². The molecule has 2 aromatic carbocycles. The van der Waals surface area contributed by atoms with Crippen LogP contribution in [0.15, 0.2) is 48.8 Å². The lowest BCUT2D eigenvalue weighted by molar-refractivity contribution is -0.116. The second kappa shape index (κ2) is 6.52. The molecular weight excluding hydrogens is 290 g/mol. The minimum absolute atomic E-state index is 0.0291. The molecule has 1 aromatic heterocycles. The summed E-state index contributed by atoms with van der Waals surface area (Å²) in [5.74, 6) is 0.848. The van der Waals surface area contributed by atoms with Crippen molar-refractivity contribution in [1.82, 2.24) is 9.55 Å². The second-order valence-corrected chi connectivity index (χ2v) is 5.31. The quantitative estimate of drug-likeness (QED) is 0.780. The van der Waals surface area contributed by atoms with Gasteiger partial charge in [-0.25, -0.2) is 4.98 Å². The van der Waals surface area contributed by atoms with Crippen molar-refractivity contribution in [3.05, 3.63) is 48.8 Å². The van der Waals surface area contributed by atoms with Crippen molar-refractivity contribution < 1.29 is 9.53 Å². The number of benzene rings is 2. The summed E-state index contributed by atoms with van der Waals surface area (Å²) in [5, 5.41) is 2.89. The summed E-state index contributed by atoms with van der Waals surface area (Å²) >= 11 is 0. The first-order chi connectivity index (χ1) is 11.2. The highest BCUT2D eigenvalue weighted by atomic mass is 16.5. The minimum Gasteiger partial charge on any atom is -0.497 e. The molecule has 0 fully saturated rings. The summed E-state index contributed by atoms with van der Waals surface area (Å²) in [6.07, 6.45) is 3.14. The minimum atomic E-state index is 0.0291. The highest BCUT2D eigenvalue weighted by Crippen LogP contribution is 2.23. The molecule has 0 aliphatic rings. The molecule has 118 valence electrons. The van der Waals surface area contributed by atoms with Crippen molar-refractivity contribution in [2.75, 3.05) is 12.4 Å². The number of nitrogens with one attached hydrogen (secondary N) is 1. The Hall–Kier alpha value is -2.82. The van der Waals surface area contributed by atoms with E-state index < -0.39 is 0 Å². The number of anilines is 1. The SMILES string of the molecule is CCCC(=O)Nc1ccc2c(c1)ncn2-c1ccc(OC)cc1. The average molecular weight is 309 g/mol. The van der Waals surface area contributed by atoms with Crippen molar-refractivity contribution >= 4 is 22.6 Å². The van der Waals surface area contributed by atoms with E-state index in [1.54, 1.807) is 13.4 Å². The summed E-state index contributed by atoms with van der Waals surface area (Å²) < 4.78 is 7.19. The largest absolute Gasteiger partial charge is 0.497 e. The number of methoxy groups -OCH3 is 1. The molecule has 0 bridgehead atoms. The second-order valence-electron chi connectivity index (χ2n) is 5.31. The first-order valence-electron chi connectivity index (χ1n) is 7.62. The zero-order chi connectivity index (χ0) is 16.2. The number of fused-ring (bicyclic) bond motifs is 1. The van der Waals surface area contributed by atoms with Crippen LogP contribution in [0.25, 0.3) is 16.7 Å². The third kappa shape index (κ3) is 3.18. The molecule has 0 aliphatic heterocycles. The summed E-state index contributed by atoms with van der Waals surface area (Å²) in [7, 11) is 1.65. The number of imidazole rings is 1. The lowest BCUT2D eigenvalue weighted by atomic mass is 10.2. The molecule has 5 heteroatoms. The molecule has 0 saturated heterocycles. The van der Waals surface area contributed by atoms with Crippen LogP contribution in [0.2, 0.25) is 0 Å². The van der Waals surface area contributed by atoms with E-state index in [0.717, 1.165) is 34.6 Å². The summed E-state index contributed by atoms with van der Waals surface area (Å²) in [5.41, 5.74) is 3.62. The number of aromatic nitrogens is 2. The van der Waals surface area contributed by atoms with Gasteiger partial charge in [0.1, 0.15) is 12.1 Å². The predicted molar refractivity (Wildman–Crippen MR) is 91.2 cm³/mol. The van der Waals surface area contributed by atoms with Crippen LogP contribution in [0, 0.1) is 0 Å². The molecule has 3 rings (SSSR count). The summed E-state index contributed by atoms with van der Waals surface area (Å²) in [4.78, 5) is 16.1. The lowest BCUT2D eigenvalue weighted by Crippen LogP contribution is -2.10. The number of carbonyl (C=O) groups is 1. The number of rotatable bonds is 5. The highest BCUT2D eigenvalue weighted by molar-refractivity contribution is 5.93. The van der Waals surface area contributed by atoms with Gasteiger partial charge in [-0.1, -0.05) is 6.92 Å². The maximum atomic E-state index is 11.7. The van der Waals surface area contributed by atoms with E-state index in [1.165, 1.54) is 0 Å². The van der Waals surface area contributed by atoms with Gasteiger partial charge in [0.15, 0.2) is 0 Å². The zero-order valence-electron chi connectivity index (χ0n) is 13.2. The Balaban J connectivity index is 1.90. The van der Waals surface area contributed by atoms with Crippen LogP contribution in [0.4, 0.5) is 5.69 Å². The van der Waals surface area contributed by atoms with E-state index in [1.807, 2.05) is 54.0 Å². The molecule has 1 amide bonds. The van der Waals surface area contributed by atoms with Gasteiger partial charge in [-0.2, -0.15) is 0 Å². The molecule has 5 nitrogen and oxygen atoms in total. The number of nitrogens with zero attached hydrogens (tertiary/aromatic N) is 2. The van der Waals surface area contributed by atoms with Crippen molar-refractivity contribution in [2.45, 2.75) is 19.8 Å². The van der Waals surface area contributed by atoms with E-state index >= 15 is 0 Å². The fourth-order valence-electron chi connectivity index (χ4n) is 2.49. The Morgan fingerprint density at radius 1 is 1.22 bits per heavy atom. The fourth-order valence-corrected chi connectivity index (χ4v) is 2.49. The third-order valence-corrected chi connectivity index (χ3v) is 3.66. The number of carbonyl (C=O) groups excluding carboxylic acids is 1. The average Bonchev–Trinajstić information content (AvgIpc) is 2.98. The molecule has 1 heterocycles. The van der Waals surface area contributed by atoms with Gasteiger partial charge in [0.2, 0.25) is 5.91 Å². The van der Waals surface area contributed by atoms with Crippen molar-refractivity contribution in [3.63, 3.8) is 0 Å². The lowest BCUT2D eigenvalue weighted by Gasteiger charge is -2.07. The highest BCUT2D eigenvalue weighted by Gasteiger charge is 2.07. The number of amides is 1. The van der Waals surface area contributed by atoms with Gasteiger partial charge in [0.25, 0.3) is 0 Å².